The normalized spacial score (nSPS) is 12.2. The number of nitrogens with one attached hydrogen (secondary N) is 1. The average Bonchev–Trinajstić information content (AvgIpc) is 2.24. The molecule has 84 valence electrons. The molecule has 1 N–H and O–H groups in total. The largest absolute Gasteiger partial charge is 0.385 e. The summed E-state index contributed by atoms with van der Waals surface area (Å²) < 4.78 is 0. The molecule has 1 aromatic carbocycles. The molecule has 0 aromatic heterocycles. The van der Waals surface area contributed by atoms with Crippen molar-refractivity contribution in [1.29, 1.82) is 0 Å². The minimum Gasteiger partial charge on any atom is -0.385 e. The molecule has 1 atom stereocenters. The second-order valence-corrected chi connectivity index (χ2v) is 4.97. The van der Waals surface area contributed by atoms with Crippen LogP contribution in [0, 0.1) is 6.92 Å². The van der Waals surface area contributed by atoms with Crippen LogP contribution in [0.15, 0.2) is 22.6 Å². The average molecular weight is 249 g/mol. The first kappa shape index (κ1) is 13.7. The minimum atomic E-state index is 0.219. The fraction of sp³-hybridized carbons (Fsp3) is 0.273. The van der Waals surface area contributed by atoms with Gasteiger partial charge in [0.15, 0.2) is 0 Å². The van der Waals surface area contributed by atoms with Crippen LogP contribution in [-0.2, 0) is 0 Å². The first-order valence-corrected chi connectivity index (χ1v) is 6.19. The van der Waals surface area contributed by atoms with E-state index in [1.54, 1.807) is 6.20 Å². The van der Waals surface area contributed by atoms with Crippen LogP contribution in [0.4, 0.5) is 0 Å². The molecular weight excluding hydrogens is 232 g/mol. The van der Waals surface area contributed by atoms with E-state index in [0.717, 1.165) is 15.3 Å². The second kappa shape index (κ2) is 5.28. The van der Waals surface area contributed by atoms with Gasteiger partial charge in [-0.1, -0.05) is 17.5 Å². The van der Waals surface area contributed by atoms with Crippen molar-refractivity contribution in [3.05, 3.63) is 23.9 Å². The number of rotatable bonds is 3. The summed E-state index contributed by atoms with van der Waals surface area (Å²) >= 11 is 9.14. The van der Waals surface area contributed by atoms with E-state index >= 15 is 0 Å². The number of hydrogen-bond donors (Lipinski definition) is 3. The van der Waals surface area contributed by atoms with Crippen LogP contribution in [0.5, 0.6) is 0 Å². The summed E-state index contributed by atoms with van der Waals surface area (Å²) in [4.78, 5) is 2.06. The third-order valence-electron chi connectivity index (χ3n) is 3.09. The molecule has 0 saturated carbocycles. The molecule has 0 bridgehead atoms. The second-order valence-electron chi connectivity index (χ2n) is 4.08. The molecule has 1 aromatic rings. The monoisotopic (exact) mass is 249 g/mol. The van der Waals surface area contributed by atoms with Crippen molar-refractivity contribution in [3.8, 4) is 0 Å². The molecule has 0 aliphatic heterocycles. The highest BCUT2D eigenvalue weighted by Gasteiger charge is 2.16. The van der Waals surface area contributed by atoms with Gasteiger partial charge in [0, 0.05) is 15.8 Å². The Hall–Kier alpha value is -0.410. The number of benzene rings is 1. The minimum absolute atomic E-state index is 0.219. The molecule has 1 nitrogen and oxygen atoms in total. The number of hydrogen-bond acceptors (Lipinski definition) is 3. The van der Waals surface area contributed by atoms with Crippen LogP contribution >= 0.6 is 25.3 Å². The highest BCUT2D eigenvalue weighted by Crippen LogP contribution is 2.22. The lowest BCUT2D eigenvalue weighted by molar-refractivity contribution is 0.679. The van der Waals surface area contributed by atoms with Crippen LogP contribution < -0.4 is 16.2 Å². The molecule has 0 saturated heterocycles. The van der Waals surface area contributed by atoms with Crippen LogP contribution in [0.3, 0.4) is 0 Å². The lowest BCUT2D eigenvalue weighted by Crippen LogP contribution is -2.29. The van der Waals surface area contributed by atoms with Crippen molar-refractivity contribution in [2.45, 2.75) is 29.7 Å². The maximum Gasteiger partial charge on any atom is 0.142 e. The molecule has 16 heavy (non-hydrogen) atoms. The van der Waals surface area contributed by atoms with Gasteiger partial charge in [-0.15, -0.1) is 25.3 Å². The molecule has 0 aliphatic rings. The fourth-order valence-electron chi connectivity index (χ4n) is 1.94. The van der Waals surface area contributed by atoms with Gasteiger partial charge < -0.3 is 5.32 Å². The van der Waals surface area contributed by atoms with Crippen LogP contribution in [0.2, 0.25) is 0 Å². The van der Waals surface area contributed by atoms with E-state index in [0.29, 0.717) is 0 Å². The molecule has 1 unspecified atom stereocenters. The Morgan fingerprint density at radius 1 is 1.25 bits per heavy atom. The van der Waals surface area contributed by atoms with E-state index in [-0.39, 0.29) is 6.04 Å². The summed E-state index contributed by atoms with van der Waals surface area (Å²) in [7, 11) is 4.17. The number of thiol groups is 2. The predicted octanol–water partition coefficient (Wildman–Crippen LogP) is -0.117. The molecule has 1 rings (SSSR count). The highest BCUT2D eigenvalue weighted by molar-refractivity contribution is 7.81. The predicted molar refractivity (Wildman–Crippen MR) is 83.8 cm³/mol. The van der Waals surface area contributed by atoms with Crippen molar-refractivity contribution in [2.24, 2.45) is 0 Å². The lowest BCUT2D eigenvalue weighted by atomic mass is 9.79. The van der Waals surface area contributed by atoms with Crippen molar-refractivity contribution < 1.29 is 0 Å². The third kappa shape index (κ3) is 2.30. The van der Waals surface area contributed by atoms with Crippen molar-refractivity contribution in [2.75, 3.05) is 0 Å². The van der Waals surface area contributed by atoms with Gasteiger partial charge in [-0.05, 0) is 31.2 Å². The van der Waals surface area contributed by atoms with Crippen LogP contribution in [-0.4, -0.2) is 15.7 Å². The Labute approximate surface area is 111 Å². The summed E-state index contributed by atoms with van der Waals surface area (Å²) in [5.41, 5.74) is 4.85. The molecule has 0 amide bonds. The molecule has 0 aliphatic carbocycles. The van der Waals surface area contributed by atoms with Crippen LogP contribution in [0.25, 0.3) is 0 Å². The Morgan fingerprint density at radius 2 is 1.81 bits per heavy atom. The zero-order valence-corrected chi connectivity index (χ0v) is 12.0. The maximum atomic E-state index is 4.61. The van der Waals surface area contributed by atoms with Gasteiger partial charge in [0.1, 0.15) is 15.7 Å². The molecule has 0 spiro atoms. The quantitative estimate of drug-likeness (QED) is 0.501. The SMILES string of the molecule is Bc1c(S)c(C)c(B)c(C(C)NC=C)c1S. The summed E-state index contributed by atoms with van der Waals surface area (Å²) in [5, 5.41) is 3.21. The van der Waals surface area contributed by atoms with Crippen molar-refractivity contribution >= 4 is 51.9 Å². The lowest BCUT2D eigenvalue weighted by Gasteiger charge is -2.22. The zero-order chi connectivity index (χ0) is 12.5. The van der Waals surface area contributed by atoms with E-state index in [2.05, 4.69) is 66.7 Å². The zero-order valence-electron chi connectivity index (χ0n) is 10.3. The smallest absolute Gasteiger partial charge is 0.142 e. The summed E-state index contributed by atoms with van der Waals surface area (Å²) in [6, 6.07) is 0.219. The Kier molecular flexibility index (Phi) is 4.51. The summed E-state index contributed by atoms with van der Waals surface area (Å²) in [6.07, 6.45) is 1.72. The first-order chi connectivity index (χ1) is 7.41. The highest BCUT2D eigenvalue weighted by atomic mass is 32.1. The van der Waals surface area contributed by atoms with E-state index in [9.17, 15) is 0 Å². The Bertz CT molecular complexity index is 403. The standard InChI is InChI=1S/C11H17B2NS2/c1-4-14-6(3)7-8(12)5(2)10(15)9(13)11(7)16/h4,6,14-16H,1,12-13H2,2-3H3. The van der Waals surface area contributed by atoms with E-state index < -0.39 is 0 Å². The fourth-order valence-corrected chi connectivity index (χ4v) is 2.78. The molecule has 0 heterocycles. The first-order valence-electron chi connectivity index (χ1n) is 5.30. The summed E-state index contributed by atoms with van der Waals surface area (Å²) in [6.45, 7) is 7.91. The van der Waals surface area contributed by atoms with E-state index in [4.69, 9.17) is 0 Å². The van der Waals surface area contributed by atoms with Gasteiger partial charge in [0.2, 0.25) is 0 Å². The molecule has 0 radical (unpaired) electrons. The Morgan fingerprint density at radius 3 is 2.31 bits per heavy atom. The van der Waals surface area contributed by atoms with Crippen molar-refractivity contribution in [1.82, 2.24) is 5.32 Å². The topological polar surface area (TPSA) is 12.0 Å². The van der Waals surface area contributed by atoms with Gasteiger partial charge in [-0.25, -0.2) is 0 Å². The maximum absolute atomic E-state index is 4.61. The Balaban J connectivity index is 3.44. The van der Waals surface area contributed by atoms with E-state index in [1.807, 2.05) is 0 Å². The van der Waals surface area contributed by atoms with Gasteiger partial charge in [0.25, 0.3) is 0 Å². The summed E-state index contributed by atoms with van der Waals surface area (Å²) in [5.74, 6) is 0. The van der Waals surface area contributed by atoms with Gasteiger partial charge in [-0.2, -0.15) is 0 Å². The van der Waals surface area contributed by atoms with Gasteiger partial charge in [-0.3, -0.25) is 0 Å². The van der Waals surface area contributed by atoms with Crippen LogP contribution in [0.1, 0.15) is 24.1 Å². The molecule has 5 heteroatoms. The van der Waals surface area contributed by atoms with Crippen molar-refractivity contribution in [3.63, 3.8) is 0 Å². The third-order valence-corrected chi connectivity index (χ3v) is 4.34. The van der Waals surface area contributed by atoms with E-state index in [1.165, 1.54) is 16.6 Å². The van der Waals surface area contributed by atoms with Gasteiger partial charge >= 0.3 is 0 Å². The molecule has 0 fully saturated rings. The van der Waals surface area contributed by atoms with Gasteiger partial charge in [0.05, 0.1) is 0 Å². The molecular formula is C11H17B2NS2.